The van der Waals surface area contributed by atoms with Crippen molar-refractivity contribution in [3.8, 4) is 11.8 Å². The number of nitriles is 1. The summed E-state index contributed by atoms with van der Waals surface area (Å²) in [6.07, 6.45) is 1.25. The van der Waals surface area contributed by atoms with Gasteiger partial charge in [0.25, 0.3) is 5.91 Å². The molecule has 5 heteroatoms. The molecule has 0 saturated carbocycles. The van der Waals surface area contributed by atoms with Crippen molar-refractivity contribution in [3.63, 3.8) is 0 Å². The Kier molecular flexibility index (Phi) is 5.45. The highest BCUT2D eigenvalue weighted by Gasteiger charge is 2.17. The van der Waals surface area contributed by atoms with Gasteiger partial charge < -0.3 is 10.1 Å². The van der Waals surface area contributed by atoms with Gasteiger partial charge in [0, 0.05) is 4.90 Å². The smallest absolute Gasteiger partial charge is 0.265 e. The largest absolute Gasteiger partial charge is 0.480 e. The van der Waals surface area contributed by atoms with Crippen molar-refractivity contribution in [2.75, 3.05) is 11.6 Å². The highest BCUT2D eigenvalue weighted by Crippen LogP contribution is 2.25. The Morgan fingerprint density at radius 2 is 1.91 bits per heavy atom. The first-order chi connectivity index (χ1) is 10.7. The van der Waals surface area contributed by atoms with E-state index in [0.717, 1.165) is 10.6 Å². The van der Waals surface area contributed by atoms with E-state index in [1.54, 1.807) is 43.0 Å². The average molecular weight is 312 g/mol. The summed E-state index contributed by atoms with van der Waals surface area (Å²) in [5, 5.41) is 11.9. The van der Waals surface area contributed by atoms with E-state index >= 15 is 0 Å². The maximum Gasteiger partial charge on any atom is 0.265 e. The van der Waals surface area contributed by atoms with E-state index in [9.17, 15) is 4.79 Å². The fourth-order valence-corrected chi connectivity index (χ4v) is 2.44. The maximum absolute atomic E-state index is 12.3. The summed E-state index contributed by atoms with van der Waals surface area (Å²) in [5.41, 5.74) is 1.16. The summed E-state index contributed by atoms with van der Waals surface area (Å²) in [7, 11) is 0. The van der Waals surface area contributed by atoms with Gasteiger partial charge in [-0.3, -0.25) is 4.79 Å². The van der Waals surface area contributed by atoms with E-state index in [0.29, 0.717) is 11.3 Å². The minimum atomic E-state index is -0.704. The first-order valence-corrected chi connectivity index (χ1v) is 7.98. The van der Waals surface area contributed by atoms with Crippen LogP contribution in [-0.4, -0.2) is 18.3 Å². The molecular formula is C17H16N2O2S. The molecule has 1 amide bonds. The lowest BCUT2D eigenvalue weighted by Gasteiger charge is -2.16. The number of ether oxygens (including phenoxy) is 1. The van der Waals surface area contributed by atoms with Crippen LogP contribution in [0.1, 0.15) is 12.5 Å². The molecule has 0 unspecified atom stereocenters. The normalized spacial score (nSPS) is 11.3. The van der Waals surface area contributed by atoms with Crippen molar-refractivity contribution >= 4 is 23.4 Å². The van der Waals surface area contributed by atoms with Gasteiger partial charge in [0.1, 0.15) is 11.8 Å². The van der Waals surface area contributed by atoms with Gasteiger partial charge >= 0.3 is 0 Å². The van der Waals surface area contributed by atoms with Crippen LogP contribution in [0.5, 0.6) is 5.75 Å². The van der Waals surface area contributed by atoms with Gasteiger partial charge in [-0.05, 0) is 37.4 Å². The molecule has 22 heavy (non-hydrogen) atoms. The molecule has 0 aromatic heterocycles. The second-order valence-corrected chi connectivity index (χ2v) is 5.41. The Morgan fingerprint density at radius 3 is 2.64 bits per heavy atom. The molecule has 0 radical (unpaired) electrons. The quantitative estimate of drug-likeness (QED) is 0.855. The number of nitrogens with zero attached hydrogens (tertiary/aromatic N) is 1. The number of thioether (sulfide) groups is 1. The Morgan fingerprint density at radius 1 is 1.23 bits per heavy atom. The summed E-state index contributed by atoms with van der Waals surface area (Å²) < 4.78 is 5.60. The Balaban J connectivity index is 2.08. The van der Waals surface area contributed by atoms with Crippen molar-refractivity contribution in [2.24, 2.45) is 0 Å². The summed E-state index contributed by atoms with van der Waals surface area (Å²) in [6.45, 7) is 1.66. The predicted molar refractivity (Wildman–Crippen MR) is 88.1 cm³/mol. The first-order valence-electron chi connectivity index (χ1n) is 6.75. The second-order valence-electron chi connectivity index (χ2n) is 4.56. The van der Waals surface area contributed by atoms with Crippen LogP contribution < -0.4 is 10.1 Å². The number of hydrogen-bond acceptors (Lipinski definition) is 4. The van der Waals surface area contributed by atoms with Gasteiger partial charge in [-0.25, -0.2) is 0 Å². The molecule has 0 aliphatic heterocycles. The van der Waals surface area contributed by atoms with Crippen LogP contribution in [0.25, 0.3) is 0 Å². The zero-order valence-corrected chi connectivity index (χ0v) is 13.2. The molecule has 2 rings (SSSR count). The lowest BCUT2D eigenvalue weighted by molar-refractivity contribution is -0.122. The zero-order valence-electron chi connectivity index (χ0n) is 12.4. The van der Waals surface area contributed by atoms with Crippen LogP contribution in [0.2, 0.25) is 0 Å². The number of anilines is 1. The van der Waals surface area contributed by atoms with Gasteiger partial charge in [-0.2, -0.15) is 5.26 Å². The molecule has 0 spiro atoms. The zero-order chi connectivity index (χ0) is 15.9. The topological polar surface area (TPSA) is 62.1 Å². The van der Waals surface area contributed by atoms with E-state index in [1.807, 2.05) is 36.6 Å². The van der Waals surface area contributed by atoms with Crippen molar-refractivity contribution in [2.45, 2.75) is 17.9 Å². The summed E-state index contributed by atoms with van der Waals surface area (Å²) in [5.74, 6) is 0.153. The lowest BCUT2D eigenvalue weighted by Crippen LogP contribution is -2.30. The molecule has 0 saturated heterocycles. The Labute approximate surface area is 134 Å². The SMILES string of the molecule is CSc1ccccc1NC(=O)[C@H](C)Oc1ccccc1C#N. The van der Waals surface area contributed by atoms with Crippen molar-refractivity contribution in [1.29, 1.82) is 5.26 Å². The summed E-state index contributed by atoms with van der Waals surface area (Å²) in [6, 6.07) is 16.5. The van der Waals surface area contributed by atoms with Crippen molar-refractivity contribution < 1.29 is 9.53 Å². The molecule has 4 nitrogen and oxygen atoms in total. The van der Waals surface area contributed by atoms with Gasteiger partial charge in [0.15, 0.2) is 6.10 Å². The number of nitrogens with one attached hydrogen (secondary N) is 1. The molecule has 112 valence electrons. The highest BCUT2D eigenvalue weighted by molar-refractivity contribution is 7.98. The minimum Gasteiger partial charge on any atom is -0.480 e. The number of benzene rings is 2. The monoisotopic (exact) mass is 312 g/mol. The molecule has 0 aliphatic rings. The van der Waals surface area contributed by atoms with Gasteiger partial charge in [-0.1, -0.05) is 24.3 Å². The van der Waals surface area contributed by atoms with Crippen LogP contribution in [0.3, 0.4) is 0 Å². The third kappa shape index (κ3) is 3.80. The molecule has 2 aromatic carbocycles. The van der Waals surface area contributed by atoms with E-state index in [-0.39, 0.29) is 5.91 Å². The van der Waals surface area contributed by atoms with Crippen LogP contribution >= 0.6 is 11.8 Å². The molecular weight excluding hydrogens is 296 g/mol. The minimum absolute atomic E-state index is 0.255. The van der Waals surface area contributed by atoms with Crippen LogP contribution in [-0.2, 0) is 4.79 Å². The molecule has 1 atom stereocenters. The van der Waals surface area contributed by atoms with E-state index < -0.39 is 6.10 Å². The molecule has 2 aromatic rings. The standard InChI is InChI=1S/C17H16N2O2S/c1-12(21-15-9-5-3-7-13(15)11-18)17(20)19-14-8-4-6-10-16(14)22-2/h3-10,12H,1-2H3,(H,19,20)/t12-/m0/s1. The third-order valence-electron chi connectivity index (χ3n) is 3.05. The highest BCUT2D eigenvalue weighted by atomic mass is 32.2. The van der Waals surface area contributed by atoms with E-state index in [1.165, 1.54) is 0 Å². The van der Waals surface area contributed by atoms with Crippen molar-refractivity contribution in [3.05, 3.63) is 54.1 Å². The number of carbonyl (C=O) groups is 1. The molecule has 0 bridgehead atoms. The Hall–Kier alpha value is -2.45. The second kappa shape index (κ2) is 7.53. The molecule has 0 heterocycles. The van der Waals surface area contributed by atoms with E-state index in [4.69, 9.17) is 10.00 Å². The third-order valence-corrected chi connectivity index (χ3v) is 3.84. The average Bonchev–Trinajstić information content (AvgIpc) is 2.55. The molecule has 1 N–H and O–H groups in total. The van der Waals surface area contributed by atoms with Crippen LogP contribution in [0, 0.1) is 11.3 Å². The summed E-state index contributed by atoms with van der Waals surface area (Å²) in [4.78, 5) is 13.2. The Bertz CT molecular complexity index is 710. The molecule has 0 fully saturated rings. The molecule has 0 aliphatic carbocycles. The number of rotatable bonds is 5. The number of carbonyl (C=O) groups excluding carboxylic acids is 1. The van der Waals surface area contributed by atoms with E-state index in [2.05, 4.69) is 5.32 Å². The van der Waals surface area contributed by atoms with Crippen LogP contribution in [0.4, 0.5) is 5.69 Å². The maximum atomic E-state index is 12.3. The number of hydrogen-bond donors (Lipinski definition) is 1. The summed E-state index contributed by atoms with van der Waals surface area (Å²) >= 11 is 1.56. The predicted octanol–water partition coefficient (Wildman–Crippen LogP) is 3.69. The lowest BCUT2D eigenvalue weighted by atomic mass is 10.2. The van der Waals surface area contributed by atoms with Crippen molar-refractivity contribution in [1.82, 2.24) is 0 Å². The van der Waals surface area contributed by atoms with Crippen LogP contribution in [0.15, 0.2) is 53.4 Å². The first kappa shape index (κ1) is 15.9. The van der Waals surface area contributed by atoms with Gasteiger partial charge in [0.2, 0.25) is 0 Å². The number of para-hydroxylation sites is 2. The number of amides is 1. The van der Waals surface area contributed by atoms with Gasteiger partial charge in [-0.15, -0.1) is 11.8 Å². The fourth-order valence-electron chi connectivity index (χ4n) is 1.89. The fraction of sp³-hybridized carbons (Fsp3) is 0.176. The van der Waals surface area contributed by atoms with Gasteiger partial charge in [0.05, 0.1) is 11.3 Å².